The Labute approximate surface area is 105 Å². The number of Topliss-reactive ketones (excluding diaryl/α,β-unsaturated/α-hetero) is 2. The Bertz CT molecular complexity index is 532. The van der Waals surface area contributed by atoms with Gasteiger partial charge in [-0.2, -0.15) is 0 Å². The van der Waals surface area contributed by atoms with Gasteiger partial charge in [-0.05, 0) is 19.4 Å². The Hall–Kier alpha value is -1.97. The highest BCUT2D eigenvalue weighted by atomic mass is 16.5. The highest BCUT2D eigenvalue weighted by Crippen LogP contribution is 2.38. The summed E-state index contributed by atoms with van der Waals surface area (Å²) in [5.74, 6) is -1.63. The smallest absolute Gasteiger partial charge is 0.328 e. The summed E-state index contributed by atoms with van der Waals surface area (Å²) in [7, 11) is 0. The van der Waals surface area contributed by atoms with Crippen LogP contribution in [0.1, 0.15) is 29.8 Å². The number of benzene rings is 1. The zero-order valence-corrected chi connectivity index (χ0v) is 10.4. The Morgan fingerprint density at radius 1 is 1.33 bits per heavy atom. The van der Waals surface area contributed by atoms with Crippen molar-refractivity contribution in [1.29, 1.82) is 0 Å². The third kappa shape index (κ3) is 1.56. The number of carbonyl (C=O) groups is 3. The van der Waals surface area contributed by atoms with E-state index in [1.54, 1.807) is 31.2 Å². The Kier molecular flexibility index (Phi) is 3.03. The molecule has 1 atom stereocenters. The van der Waals surface area contributed by atoms with Gasteiger partial charge in [-0.25, -0.2) is 0 Å². The second kappa shape index (κ2) is 4.37. The zero-order valence-electron chi connectivity index (χ0n) is 10.4. The molecule has 94 valence electrons. The summed E-state index contributed by atoms with van der Waals surface area (Å²) in [6.07, 6.45) is 0.107. The molecule has 4 nitrogen and oxygen atoms in total. The SMILES string of the molecule is CCOC(=O)C1(C(C)=O)Cc2ccccc2C1=O. The van der Waals surface area contributed by atoms with Crippen LogP contribution in [0.25, 0.3) is 0 Å². The number of fused-ring (bicyclic) bond motifs is 1. The summed E-state index contributed by atoms with van der Waals surface area (Å²) in [5.41, 5.74) is -0.494. The molecule has 1 aromatic rings. The number of ketones is 2. The van der Waals surface area contributed by atoms with Gasteiger partial charge in [0.2, 0.25) is 0 Å². The van der Waals surface area contributed by atoms with Crippen LogP contribution in [0.5, 0.6) is 0 Å². The molecular weight excluding hydrogens is 232 g/mol. The lowest BCUT2D eigenvalue weighted by molar-refractivity contribution is -0.155. The number of ether oxygens (including phenoxy) is 1. The third-order valence-corrected chi connectivity index (χ3v) is 3.33. The molecule has 2 rings (SSSR count). The maximum atomic E-state index is 12.4. The zero-order chi connectivity index (χ0) is 13.3. The van der Waals surface area contributed by atoms with Crippen LogP contribution >= 0.6 is 0 Å². The molecular formula is C14H14O4. The first-order valence-electron chi connectivity index (χ1n) is 5.85. The van der Waals surface area contributed by atoms with E-state index in [4.69, 9.17) is 4.74 Å². The van der Waals surface area contributed by atoms with Gasteiger partial charge in [0, 0.05) is 12.0 Å². The van der Waals surface area contributed by atoms with E-state index in [1.807, 2.05) is 0 Å². The molecule has 1 aliphatic carbocycles. The second-order valence-corrected chi connectivity index (χ2v) is 4.35. The van der Waals surface area contributed by atoms with Gasteiger partial charge >= 0.3 is 5.97 Å². The molecule has 18 heavy (non-hydrogen) atoms. The molecule has 1 aromatic carbocycles. The lowest BCUT2D eigenvalue weighted by atomic mass is 9.80. The summed E-state index contributed by atoms with van der Waals surface area (Å²) in [5, 5.41) is 0. The summed E-state index contributed by atoms with van der Waals surface area (Å²) >= 11 is 0. The molecule has 0 radical (unpaired) electrons. The van der Waals surface area contributed by atoms with Crippen LogP contribution in [-0.2, 0) is 20.7 Å². The van der Waals surface area contributed by atoms with Gasteiger partial charge in [0.25, 0.3) is 0 Å². The lowest BCUT2D eigenvalue weighted by Crippen LogP contribution is -2.44. The van der Waals surface area contributed by atoms with E-state index in [2.05, 4.69) is 0 Å². The van der Waals surface area contributed by atoms with Gasteiger partial charge < -0.3 is 4.74 Å². The Morgan fingerprint density at radius 3 is 2.56 bits per heavy atom. The van der Waals surface area contributed by atoms with Crippen LogP contribution in [0.15, 0.2) is 24.3 Å². The van der Waals surface area contributed by atoms with Crippen LogP contribution in [-0.4, -0.2) is 24.1 Å². The van der Waals surface area contributed by atoms with Crippen molar-refractivity contribution in [1.82, 2.24) is 0 Å². The molecule has 0 aromatic heterocycles. The summed E-state index contributed by atoms with van der Waals surface area (Å²) < 4.78 is 4.91. The third-order valence-electron chi connectivity index (χ3n) is 3.33. The van der Waals surface area contributed by atoms with Gasteiger partial charge in [0.15, 0.2) is 17.0 Å². The minimum absolute atomic E-state index is 0.107. The highest BCUT2D eigenvalue weighted by molar-refractivity contribution is 6.29. The largest absolute Gasteiger partial charge is 0.465 e. The molecule has 0 heterocycles. The van der Waals surface area contributed by atoms with E-state index in [1.165, 1.54) is 6.92 Å². The number of rotatable bonds is 3. The Balaban J connectivity index is 2.51. The van der Waals surface area contributed by atoms with Crippen molar-refractivity contribution in [3.63, 3.8) is 0 Å². The first-order chi connectivity index (χ1) is 8.54. The van der Waals surface area contributed by atoms with Crippen molar-refractivity contribution in [2.45, 2.75) is 20.3 Å². The lowest BCUT2D eigenvalue weighted by Gasteiger charge is -2.21. The molecule has 0 bridgehead atoms. The van der Waals surface area contributed by atoms with Gasteiger partial charge in [-0.3, -0.25) is 14.4 Å². The number of carbonyl (C=O) groups excluding carboxylic acids is 3. The fourth-order valence-electron chi connectivity index (χ4n) is 2.34. The van der Waals surface area contributed by atoms with Crippen molar-refractivity contribution >= 4 is 17.5 Å². The first kappa shape index (κ1) is 12.5. The van der Waals surface area contributed by atoms with E-state index in [0.717, 1.165) is 5.56 Å². The van der Waals surface area contributed by atoms with E-state index >= 15 is 0 Å². The van der Waals surface area contributed by atoms with Crippen LogP contribution in [0.3, 0.4) is 0 Å². The maximum absolute atomic E-state index is 12.4. The fourth-order valence-corrected chi connectivity index (χ4v) is 2.34. The molecule has 0 amide bonds. The topological polar surface area (TPSA) is 60.4 Å². The van der Waals surface area contributed by atoms with Crippen LogP contribution in [0.2, 0.25) is 0 Å². The van der Waals surface area contributed by atoms with Crippen LogP contribution in [0, 0.1) is 5.41 Å². The van der Waals surface area contributed by atoms with Gasteiger partial charge in [-0.1, -0.05) is 24.3 Å². The summed E-state index contributed by atoms with van der Waals surface area (Å²) in [6.45, 7) is 3.07. The van der Waals surface area contributed by atoms with Gasteiger partial charge in [0.05, 0.1) is 6.61 Å². The van der Waals surface area contributed by atoms with Crippen molar-refractivity contribution in [2.24, 2.45) is 5.41 Å². The Morgan fingerprint density at radius 2 is 2.00 bits per heavy atom. The second-order valence-electron chi connectivity index (χ2n) is 4.35. The van der Waals surface area contributed by atoms with E-state index in [-0.39, 0.29) is 13.0 Å². The molecule has 0 saturated heterocycles. The molecule has 0 saturated carbocycles. The summed E-state index contributed by atoms with van der Waals surface area (Å²) in [4.78, 5) is 36.2. The van der Waals surface area contributed by atoms with E-state index in [9.17, 15) is 14.4 Å². The van der Waals surface area contributed by atoms with Crippen molar-refractivity contribution in [3.05, 3.63) is 35.4 Å². The predicted molar refractivity (Wildman–Crippen MR) is 64.2 cm³/mol. The average molecular weight is 246 g/mol. The standard InChI is InChI=1S/C14H14O4/c1-3-18-13(17)14(9(2)15)8-10-6-4-5-7-11(10)12(14)16/h4-7H,3,8H2,1-2H3. The van der Waals surface area contributed by atoms with Crippen molar-refractivity contribution in [3.8, 4) is 0 Å². The fraction of sp³-hybridized carbons (Fsp3) is 0.357. The highest BCUT2D eigenvalue weighted by Gasteiger charge is 2.56. The van der Waals surface area contributed by atoms with E-state index in [0.29, 0.717) is 5.56 Å². The number of esters is 1. The molecule has 0 N–H and O–H groups in total. The molecule has 0 aliphatic heterocycles. The predicted octanol–water partition coefficient (Wildman–Crippen LogP) is 1.56. The van der Waals surface area contributed by atoms with Crippen LogP contribution < -0.4 is 0 Å². The van der Waals surface area contributed by atoms with Crippen LogP contribution in [0.4, 0.5) is 0 Å². The molecule has 1 aliphatic rings. The van der Waals surface area contributed by atoms with Gasteiger partial charge in [0.1, 0.15) is 0 Å². The average Bonchev–Trinajstić information content (AvgIpc) is 2.65. The van der Waals surface area contributed by atoms with Crippen molar-refractivity contribution < 1.29 is 19.1 Å². The van der Waals surface area contributed by atoms with Gasteiger partial charge in [-0.15, -0.1) is 0 Å². The normalized spacial score (nSPS) is 21.6. The number of hydrogen-bond acceptors (Lipinski definition) is 4. The van der Waals surface area contributed by atoms with E-state index < -0.39 is 23.0 Å². The minimum Gasteiger partial charge on any atom is -0.465 e. The maximum Gasteiger partial charge on any atom is 0.328 e. The molecule has 0 fully saturated rings. The molecule has 1 unspecified atom stereocenters. The van der Waals surface area contributed by atoms with Crippen molar-refractivity contribution in [2.75, 3.05) is 6.61 Å². The first-order valence-corrected chi connectivity index (χ1v) is 5.85. The molecule has 0 spiro atoms. The quantitative estimate of drug-likeness (QED) is 0.600. The minimum atomic E-state index is -1.67. The number of hydrogen-bond donors (Lipinski definition) is 0. The summed E-state index contributed by atoms with van der Waals surface area (Å²) in [6, 6.07) is 6.91. The monoisotopic (exact) mass is 246 g/mol. The molecule has 4 heteroatoms.